The summed E-state index contributed by atoms with van der Waals surface area (Å²) >= 11 is 1.33. The molecule has 0 aliphatic carbocycles. The van der Waals surface area contributed by atoms with E-state index in [0.29, 0.717) is 26.4 Å². The van der Waals surface area contributed by atoms with Crippen LogP contribution in [0.25, 0.3) is 6.08 Å². The Morgan fingerprint density at radius 1 is 1.21 bits per heavy atom. The first-order valence-electron chi connectivity index (χ1n) is 10.7. The summed E-state index contributed by atoms with van der Waals surface area (Å²) < 4.78 is 14.9. The van der Waals surface area contributed by atoms with Crippen molar-refractivity contribution >= 4 is 23.4 Å². The summed E-state index contributed by atoms with van der Waals surface area (Å²) in [5.74, 6) is 0.225. The summed E-state index contributed by atoms with van der Waals surface area (Å²) in [7, 11) is 3.60. The quantitative estimate of drug-likeness (QED) is 0.543. The van der Waals surface area contributed by atoms with E-state index in [1.165, 1.54) is 11.3 Å². The fourth-order valence-electron chi connectivity index (χ4n) is 4.06. The van der Waals surface area contributed by atoms with Gasteiger partial charge in [0.15, 0.2) is 4.80 Å². The van der Waals surface area contributed by atoms with Crippen LogP contribution in [0.4, 0.5) is 0 Å². The van der Waals surface area contributed by atoms with Gasteiger partial charge in [0.25, 0.3) is 5.56 Å². The van der Waals surface area contributed by atoms with Gasteiger partial charge in [-0.05, 0) is 63.1 Å². The van der Waals surface area contributed by atoms with E-state index in [9.17, 15) is 9.59 Å². The van der Waals surface area contributed by atoms with E-state index in [1.54, 1.807) is 25.5 Å². The maximum atomic E-state index is 13.6. The first-order valence-corrected chi connectivity index (χ1v) is 11.5. The summed E-state index contributed by atoms with van der Waals surface area (Å²) in [6.07, 6.45) is 1.90. The van der Waals surface area contributed by atoms with Crippen LogP contribution in [0.2, 0.25) is 0 Å². The number of aryl methyl sites for hydroxylation is 1. The summed E-state index contributed by atoms with van der Waals surface area (Å²) in [4.78, 5) is 31.7. The number of carbonyl (C=O) groups excluding carboxylic acids is 1. The lowest BCUT2D eigenvalue weighted by atomic mass is 9.96. The van der Waals surface area contributed by atoms with Crippen LogP contribution in [0, 0.1) is 13.8 Å². The molecule has 4 rings (SSSR count). The highest BCUT2D eigenvalue weighted by Crippen LogP contribution is 2.31. The number of rotatable bonds is 5. The monoisotopic (exact) mass is 465 g/mol. The second kappa shape index (κ2) is 8.86. The van der Waals surface area contributed by atoms with Gasteiger partial charge in [-0.15, -0.1) is 0 Å². The number of thiazole rings is 1. The maximum absolute atomic E-state index is 13.6. The highest BCUT2D eigenvalue weighted by Gasteiger charge is 2.33. The fourth-order valence-corrected chi connectivity index (χ4v) is 5.10. The fraction of sp³-hybridized carbons (Fsp3) is 0.320. The van der Waals surface area contributed by atoms with Crippen molar-refractivity contribution in [2.75, 3.05) is 13.7 Å². The minimum atomic E-state index is -0.632. The van der Waals surface area contributed by atoms with E-state index in [-0.39, 0.29) is 12.2 Å². The molecule has 33 heavy (non-hydrogen) atoms. The zero-order chi connectivity index (χ0) is 23.9. The zero-order valence-electron chi connectivity index (χ0n) is 19.6. The molecule has 172 valence electrons. The molecule has 0 unspecified atom stereocenters. The van der Waals surface area contributed by atoms with Crippen molar-refractivity contribution < 1.29 is 14.3 Å². The molecule has 0 spiro atoms. The number of allylic oxidation sites excluding steroid dienone is 1. The number of benzene rings is 1. The number of hydrogen-bond donors (Lipinski definition) is 0. The van der Waals surface area contributed by atoms with Gasteiger partial charge in [0.1, 0.15) is 5.75 Å². The smallest absolute Gasteiger partial charge is 0.338 e. The highest BCUT2D eigenvalue weighted by atomic mass is 32.1. The molecule has 1 atom stereocenters. The van der Waals surface area contributed by atoms with Gasteiger partial charge in [-0.1, -0.05) is 23.5 Å². The third-order valence-corrected chi connectivity index (χ3v) is 7.03. The lowest BCUT2D eigenvalue weighted by Crippen LogP contribution is -2.39. The standard InChI is InChI=1S/C25H27N3O4S/c1-7-32-24(30)21-15(3)26-25-28(22(21)17-8-10-19(31-6)11-9-17)23(29)20(33-25)13-18-12-14(2)27(5)16(18)4/h8-13,22H,7H2,1-6H3/b20-13+/t22-/m0/s1. The van der Waals surface area contributed by atoms with Gasteiger partial charge in [-0.25, -0.2) is 9.79 Å². The normalized spacial score (nSPS) is 15.9. The van der Waals surface area contributed by atoms with Crippen molar-refractivity contribution in [3.8, 4) is 5.75 Å². The number of fused-ring (bicyclic) bond motifs is 1. The number of hydrogen-bond acceptors (Lipinski definition) is 6. The van der Waals surface area contributed by atoms with E-state index >= 15 is 0 Å². The van der Waals surface area contributed by atoms with Crippen LogP contribution in [0.5, 0.6) is 5.75 Å². The Morgan fingerprint density at radius 3 is 2.48 bits per heavy atom. The lowest BCUT2D eigenvalue weighted by molar-refractivity contribution is -0.139. The first-order chi connectivity index (χ1) is 15.8. The van der Waals surface area contributed by atoms with E-state index in [1.807, 2.05) is 51.2 Å². The molecule has 1 aliphatic rings. The van der Waals surface area contributed by atoms with Crippen molar-refractivity contribution in [3.05, 3.63) is 83.8 Å². The van der Waals surface area contributed by atoms with E-state index < -0.39 is 12.0 Å². The lowest BCUT2D eigenvalue weighted by Gasteiger charge is -2.24. The molecular formula is C25H27N3O4S. The number of carbonyl (C=O) groups is 1. The zero-order valence-corrected chi connectivity index (χ0v) is 20.4. The van der Waals surface area contributed by atoms with Crippen molar-refractivity contribution in [1.29, 1.82) is 0 Å². The van der Waals surface area contributed by atoms with Crippen LogP contribution in [-0.4, -0.2) is 28.8 Å². The Morgan fingerprint density at radius 2 is 1.91 bits per heavy atom. The van der Waals surface area contributed by atoms with E-state index in [0.717, 1.165) is 22.5 Å². The molecule has 0 radical (unpaired) electrons. The highest BCUT2D eigenvalue weighted by molar-refractivity contribution is 7.07. The summed E-state index contributed by atoms with van der Waals surface area (Å²) in [5, 5.41) is 0. The molecule has 0 fully saturated rings. The topological polar surface area (TPSA) is 74.8 Å². The molecule has 7 nitrogen and oxygen atoms in total. The second-order valence-corrected chi connectivity index (χ2v) is 8.97. The molecule has 1 aromatic carbocycles. The molecule has 0 bridgehead atoms. The van der Waals surface area contributed by atoms with Gasteiger partial charge in [0.05, 0.1) is 35.6 Å². The summed E-state index contributed by atoms with van der Waals surface area (Å²) in [6, 6.07) is 8.79. The predicted molar refractivity (Wildman–Crippen MR) is 128 cm³/mol. The molecule has 3 heterocycles. The van der Waals surface area contributed by atoms with Crippen LogP contribution in [-0.2, 0) is 16.6 Å². The maximum Gasteiger partial charge on any atom is 0.338 e. The van der Waals surface area contributed by atoms with Crippen molar-refractivity contribution in [2.24, 2.45) is 12.0 Å². The molecule has 0 N–H and O–H groups in total. The number of aromatic nitrogens is 2. The van der Waals surface area contributed by atoms with Crippen LogP contribution >= 0.6 is 11.3 Å². The van der Waals surface area contributed by atoms with Crippen LogP contribution in [0.15, 0.2) is 51.4 Å². The van der Waals surface area contributed by atoms with Gasteiger partial charge in [0, 0.05) is 18.4 Å². The van der Waals surface area contributed by atoms with Crippen molar-refractivity contribution in [2.45, 2.75) is 33.7 Å². The molecule has 8 heteroatoms. The largest absolute Gasteiger partial charge is 0.497 e. The number of ether oxygens (including phenoxy) is 2. The van der Waals surface area contributed by atoms with Gasteiger partial charge in [0.2, 0.25) is 0 Å². The molecular weight excluding hydrogens is 438 g/mol. The molecule has 0 amide bonds. The van der Waals surface area contributed by atoms with E-state index in [4.69, 9.17) is 9.47 Å². The number of esters is 1. The van der Waals surface area contributed by atoms with Gasteiger partial charge >= 0.3 is 5.97 Å². The Bertz CT molecular complexity index is 1440. The van der Waals surface area contributed by atoms with Crippen molar-refractivity contribution in [1.82, 2.24) is 9.13 Å². The van der Waals surface area contributed by atoms with Gasteiger partial charge in [-0.2, -0.15) is 0 Å². The van der Waals surface area contributed by atoms with E-state index in [2.05, 4.69) is 15.6 Å². The predicted octanol–water partition coefficient (Wildman–Crippen LogP) is 2.76. The Labute approximate surface area is 195 Å². The summed E-state index contributed by atoms with van der Waals surface area (Å²) in [5.41, 5.74) is 4.70. The average Bonchev–Trinajstić information content (AvgIpc) is 3.23. The second-order valence-electron chi connectivity index (χ2n) is 7.96. The van der Waals surface area contributed by atoms with Crippen LogP contribution in [0.1, 0.15) is 42.4 Å². The summed E-state index contributed by atoms with van der Waals surface area (Å²) in [6.45, 7) is 7.84. The molecule has 3 aromatic rings. The third-order valence-electron chi connectivity index (χ3n) is 6.05. The third kappa shape index (κ3) is 3.95. The number of nitrogens with zero attached hydrogens (tertiary/aromatic N) is 3. The molecule has 1 aliphatic heterocycles. The Kier molecular flexibility index (Phi) is 6.12. The van der Waals surface area contributed by atoms with Gasteiger partial charge in [-0.3, -0.25) is 9.36 Å². The Hall–Kier alpha value is -3.39. The average molecular weight is 466 g/mol. The minimum absolute atomic E-state index is 0.185. The first kappa shape index (κ1) is 22.8. The Balaban J connectivity index is 1.96. The molecule has 0 saturated heterocycles. The van der Waals surface area contributed by atoms with Gasteiger partial charge < -0.3 is 14.0 Å². The molecule has 2 aromatic heterocycles. The van der Waals surface area contributed by atoms with Crippen LogP contribution in [0.3, 0.4) is 0 Å². The molecule has 0 saturated carbocycles. The SMILES string of the molecule is CCOC(=O)C1=C(C)N=c2s/c(=C/c3cc(C)n(C)c3C)c(=O)n2[C@H]1c1ccc(OC)cc1. The minimum Gasteiger partial charge on any atom is -0.497 e. The van der Waals surface area contributed by atoms with Crippen molar-refractivity contribution in [3.63, 3.8) is 0 Å². The number of methoxy groups -OCH3 is 1. The van der Waals surface area contributed by atoms with Crippen LogP contribution < -0.4 is 19.6 Å².